The molecule has 2 saturated heterocycles. The molecule has 2 aliphatic heterocycles. The number of amides is 4. The van der Waals surface area contributed by atoms with E-state index in [-0.39, 0.29) is 37.4 Å². The van der Waals surface area contributed by atoms with Crippen molar-refractivity contribution < 1.29 is 42.5 Å². The first kappa shape index (κ1) is 53.3. The van der Waals surface area contributed by atoms with Gasteiger partial charge < -0.3 is 50.0 Å². The Morgan fingerprint density at radius 2 is 1.43 bits per heavy atom. The molecule has 17 heteroatoms. The summed E-state index contributed by atoms with van der Waals surface area (Å²) in [5.74, 6) is -0.0753. The number of likely N-dealkylation sites (tertiary alicyclic amines) is 1. The Kier molecular flexibility index (Phi) is 20.4. The highest BCUT2D eigenvalue weighted by atomic mass is 35.5. The molecule has 0 saturated carbocycles. The first-order valence-electron chi connectivity index (χ1n) is 24.3. The molecule has 0 radical (unpaired) electrons. The summed E-state index contributed by atoms with van der Waals surface area (Å²) in [7, 11) is 0. The molecule has 15 nitrogen and oxygen atoms in total. The Balaban J connectivity index is 1.04. The van der Waals surface area contributed by atoms with Crippen molar-refractivity contribution in [3.63, 3.8) is 0 Å². The molecule has 0 aromatic heterocycles. The molecule has 0 aliphatic carbocycles. The number of alkyl carbamates (subject to hydrolysis) is 3. The second-order valence-corrected chi connectivity index (χ2v) is 19.1. The van der Waals surface area contributed by atoms with Gasteiger partial charge in [-0.25, -0.2) is 18.8 Å². The minimum Gasteiger partial charge on any atom is -0.493 e. The van der Waals surface area contributed by atoms with Crippen LogP contribution in [0.5, 0.6) is 5.75 Å². The molecular weight excluding hydrogens is 917 g/mol. The number of nitrogens with zero attached hydrogens (tertiary/aromatic N) is 3. The van der Waals surface area contributed by atoms with Gasteiger partial charge in [-0.15, -0.1) is 0 Å². The topological polar surface area (TPSA) is 163 Å². The molecule has 0 unspecified atom stereocenters. The van der Waals surface area contributed by atoms with Crippen molar-refractivity contribution in [3.05, 3.63) is 130 Å². The summed E-state index contributed by atoms with van der Waals surface area (Å²) in [6.45, 7) is 12.9. The van der Waals surface area contributed by atoms with Crippen LogP contribution in [0.1, 0.15) is 69.2 Å². The van der Waals surface area contributed by atoms with Gasteiger partial charge in [0, 0.05) is 68.6 Å². The van der Waals surface area contributed by atoms with E-state index in [1.807, 2.05) is 85.8 Å². The number of piperidine rings is 1. The van der Waals surface area contributed by atoms with Gasteiger partial charge in [-0.1, -0.05) is 78.3 Å². The van der Waals surface area contributed by atoms with Crippen LogP contribution in [0.2, 0.25) is 5.02 Å². The van der Waals surface area contributed by atoms with Gasteiger partial charge in [0.25, 0.3) is 0 Å². The van der Waals surface area contributed by atoms with Crippen LogP contribution in [-0.2, 0) is 45.2 Å². The van der Waals surface area contributed by atoms with Crippen molar-refractivity contribution in [1.29, 1.82) is 0 Å². The van der Waals surface area contributed by atoms with E-state index < -0.39 is 36.0 Å². The minimum absolute atomic E-state index is 0.0783. The highest BCUT2D eigenvalue weighted by Gasteiger charge is 2.37. The third kappa shape index (κ3) is 17.4. The van der Waals surface area contributed by atoms with Crippen molar-refractivity contribution in [3.8, 4) is 5.75 Å². The highest BCUT2D eigenvalue weighted by molar-refractivity contribution is 6.30. The van der Waals surface area contributed by atoms with Gasteiger partial charge in [0.15, 0.2) is 0 Å². The number of hydrogen-bond donors (Lipinski definition) is 4. The second-order valence-electron chi connectivity index (χ2n) is 18.7. The van der Waals surface area contributed by atoms with E-state index in [1.54, 1.807) is 37.8 Å². The first-order valence-corrected chi connectivity index (χ1v) is 24.7. The van der Waals surface area contributed by atoms with Crippen LogP contribution in [0, 0.1) is 11.7 Å². The largest absolute Gasteiger partial charge is 0.493 e. The number of benzene rings is 4. The van der Waals surface area contributed by atoms with E-state index in [0.29, 0.717) is 101 Å². The quantitative estimate of drug-likeness (QED) is 0.0594. The highest BCUT2D eigenvalue weighted by Crippen LogP contribution is 2.27. The van der Waals surface area contributed by atoms with E-state index >= 15 is 0 Å². The van der Waals surface area contributed by atoms with E-state index in [1.165, 1.54) is 6.07 Å². The van der Waals surface area contributed by atoms with Crippen molar-refractivity contribution in [2.45, 2.75) is 90.8 Å². The molecular formula is C53H69ClFN7O8. The Labute approximate surface area is 416 Å². The molecule has 2 aliphatic rings. The summed E-state index contributed by atoms with van der Waals surface area (Å²) >= 11 is 6.54. The van der Waals surface area contributed by atoms with Crippen molar-refractivity contribution in [2.75, 3.05) is 70.8 Å². The maximum absolute atomic E-state index is 14.9. The van der Waals surface area contributed by atoms with Crippen LogP contribution in [-0.4, -0.2) is 122 Å². The maximum atomic E-state index is 14.9. The zero-order valence-electron chi connectivity index (χ0n) is 40.9. The predicted octanol–water partition coefficient (Wildman–Crippen LogP) is 8.39. The molecule has 0 spiro atoms. The molecule has 0 bridgehead atoms. The number of rotatable bonds is 21. The molecule has 4 N–H and O–H groups in total. The smallest absolute Gasteiger partial charge is 0.408 e. The van der Waals surface area contributed by atoms with Crippen molar-refractivity contribution in [2.24, 2.45) is 5.92 Å². The Hall–Kier alpha value is -6.10. The van der Waals surface area contributed by atoms with Gasteiger partial charge >= 0.3 is 18.3 Å². The van der Waals surface area contributed by atoms with Crippen LogP contribution < -0.4 is 26.0 Å². The average molecular weight is 987 g/mol. The summed E-state index contributed by atoms with van der Waals surface area (Å²) in [5, 5.41) is 12.8. The number of carbonyl (C=O) groups is 4. The summed E-state index contributed by atoms with van der Waals surface area (Å²) < 4.78 is 37.1. The number of nitrogens with one attached hydrogen (secondary N) is 4. The fraction of sp³-hybridized carbons (Fsp3) is 0.472. The predicted molar refractivity (Wildman–Crippen MR) is 268 cm³/mol. The normalized spacial score (nSPS) is 15.5. The van der Waals surface area contributed by atoms with Crippen LogP contribution in [0.25, 0.3) is 0 Å². The van der Waals surface area contributed by atoms with Crippen LogP contribution in [0.15, 0.2) is 97.1 Å². The van der Waals surface area contributed by atoms with E-state index in [0.717, 1.165) is 28.9 Å². The number of halogens is 2. The van der Waals surface area contributed by atoms with Gasteiger partial charge in [-0.2, -0.15) is 0 Å². The minimum atomic E-state index is -0.783. The number of piperazine rings is 1. The summed E-state index contributed by atoms with van der Waals surface area (Å²) in [5.41, 5.74) is 3.37. The van der Waals surface area contributed by atoms with E-state index in [2.05, 4.69) is 31.1 Å². The van der Waals surface area contributed by atoms with Gasteiger partial charge in [0.1, 0.15) is 36.4 Å². The number of carbonyl (C=O) groups excluding carboxylic acids is 4. The summed E-state index contributed by atoms with van der Waals surface area (Å²) in [6.07, 6.45) is 0.655. The zero-order chi connectivity index (χ0) is 49.9. The second kappa shape index (κ2) is 26.8. The van der Waals surface area contributed by atoms with Crippen LogP contribution in [0.3, 0.4) is 0 Å². The molecule has 4 amide bonds. The van der Waals surface area contributed by atoms with Gasteiger partial charge in [0.2, 0.25) is 5.91 Å². The molecule has 4 aromatic rings. The van der Waals surface area contributed by atoms with Crippen molar-refractivity contribution >= 4 is 41.5 Å². The fourth-order valence-electron chi connectivity index (χ4n) is 8.59. The maximum Gasteiger partial charge on any atom is 0.408 e. The lowest BCUT2D eigenvalue weighted by atomic mass is 9.88. The van der Waals surface area contributed by atoms with E-state index in [9.17, 15) is 23.6 Å². The monoisotopic (exact) mass is 985 g/mol. The summed E-state index contributed by atoms with van der Waals surface area (Å²) in [4.78, 5) is 59.4. The SMILES string of the molecule is CCOc1cccc(F)c1CN1CCN(C(=O)[C@H](NC(=O)OCc2ccccc2)C2CCN(CCc3cc(Cl)ccc3NC[C@H](CCNC(=O)OCc3ccccc3)NC(=O)OC(C)(C)C)CC2)CC1. The average Bonchev–Trinajstić information content (AvgIpc) is 3.34. The standard InChI is InChI=1S/C53H69ClFN7O8/c1-5-67-47-18-12-17-45(55)44(47)35-61-29-31-62(32-30-61)49(63)48(59-51(65)69-37-39-15-10-7-11-16-39)40-22-26-60(27-23-40)28-24-41-33-42(54)19-20-46(41)57-34-43(58-52(66)70-53(2,3)4)21-25-56-50(64)68-36-38-13-8-6-9-14-38/h6-20,33,40,43,48,57H,5,21-32,34-37H2,1-4H3,(H,56,64)(H,58,66)(H,59,65)/t43-,48+/m0/s1. The molecule has 2 fully saturated rings. The fourth-order valence-corrected chi connectivity index (χ4v) is 8.78. The van der Waals surface area contributed by atoms with Gasteiger partial charge in [-0.05, 0) is 119 Å². The summed E-state index contributed by atoms with van der Waals surface area (Å²) in [6, 6.07) is 28.1. The lowest BCUT2D eigenvalue weighted by molar-refractivity contribution is -0.137. The number of anilines is 1. The Bertz CT molecular complexity index is 2290. The number of ether oxygens (including phenoxy) is 4. The van der Waals surface area contributed by atoms with Crippen LogP contribution in [0.4, 0.5) is 24.5 Å². The van der Waals surface area contributed by atoms with E-state index in [4.69, 9.17) is 30.5 Å². The lowest BCUT2D eigenvalue weighted by Crippen LogP contribution is -2.58. The Morgan fingerprint density at radius 1 is 0.771 bits per heavy atom. The third-order valence-corrected chi connectivity index (χ3v) is 12.5. The molecule has 378 valence electrons. The lowest BCUT2D eigenvalue weighted by Gasteiger charge is -2.40. The first-order chi connectivity index (χ1) is 33.7. The molecule has 4 aromatic carbocycles. The molecule has 2 heterocycles. The zero-order valence-corrected chi connectivity index (χ0v) is 41.6. The number of hydrogen-bond acceptors (Lipinski definition) is 11. The van der Waals surface area contributed by atoms with Crippen LogP contribution >= 0.6 is 11.6 Å². The third-order valence-electron chi connectivity index (χ3n) is 12.3. The van der Waals surface area contributed by atoms with Gasteiger partial charge in [-0.3, -0.25) is 9.69 Å². The van der Waals surface area contributed by atoms with Crippen molar-refractivity contribution in [1.82, 2.24) is 30.7 Å². The van der Waals surface area contributed by atoms with Gasteiger partial charge in [0.05, 0.1) is 12.6 Å². The Morgan fingerprint density at radius 3 is 2.07 bits per heavy atom. The molecule has 2 atom stereocenters. The molecule has 70 heavy (non-hydrogen) atoms. The molecule has 6 rings (SSSR count).